The van der Waals surface area contributed by atoms with E-state index >= 15 is 0 Å². The molecule has 0 aliphatic carbocycles. The predicted octanol–water partition coefficient (Wildman–Crippen LogP) is 4.59. The number of benzene rings is 1. The zero-order valence-electron chi connectivity index (χ0n) is 14.4. The first kappa shape index (κ1) is 18.2. The van der Waals surface area contributed by atoms with Gasteiger partial charge in [-0.3, -0.25) is 9.78 Å². The van der Waals surface area contributed by atoms with E-state index in [1.807, 2.05) is 6.07 Å². The molecule has 0 saturated carbocycles. The van der Waals surface area contributed by atoms with Gasteiger partial charge in [0.2, 0.25) is 0 Å². The minimum Gasteiger partial charge on any atom is -0.371 e. The summed E-state index contributed by atoms with van der Waals surface area (Å²) in [5.74, 6) is -0.0959. The molecule has 2 aromatic rings. The van der Waals surface area contributed by atoms with Crippen LogP contribution < -0.4 is 10.2 Å². The number of piperidine rings is 1. The number of amides is 1. The third kappa shape index (κ3) is 4.15. The van der Waals surface area contributed by atoms with Gasteiger partial charge in [-0.2, -0.15) is 13.2 Å². The lowest BCUT2D eigenvalue weighted by molar-refractivity contribution is -0.136. The van der Waals surface area contributed by atoms with Gasteiger partial charge in [-0.1, -0.05) is 19.1 Å². The van der Waals surface area contributed by atoms with Crippen molar-refractivity contribution in [2.75, 3.05) is 23.3 Å². The zero-order chi connectivity index (χ0) is 18.7. The fourth-order valence-corrected chi connectivity index (χ4v) is 3.19. The van der Waals surface area contributed by atoms with Crippen LogP contribution in [0.2, 0.25) is 0 Å². The van der Waals surface area contributed by atoms with Gasteiger partial charge in [0.1, 0.15) is 5.69 Å². The number of nitrogens with one attached hydrogen (secondary N) is 1. The van der Waals surface area contributed by atoms with E-state index < -0.39 is 17.6 Å². The van der Waals surface area contributed by atoms with Gasteiger partial charge in [0, 0.05) is 25.0 Å². The molecule has 1 amide bonds. The van der Waals surface area contributed by atoms with Gasteiger partial charge in [0.05, 0.1) is 11.3 Å². The summed E-state index contributed by atoms with van der Waals surface area (Å²) in [7, 11) is 0. The highest BCUT2D eigenvalue weighted by atomic mass is 19.4. The average Bonchev–Trinajstić information content (AvgIpc) is 2.61. The topological polar surface area (TPSA) is 45.2 Å². The van der Waals surface area contributed by atoms with Crippen molar-refractivity contribution in [3.8, 4) is 0 Å². The van der Waals surface area contributed by atoms with Gasteiger partial charge < -0.3 is 10.2 Å². The van der Waals surface area contributed by atoms with E-state index in [2.05, 4.69) is 22.1 Å². The van der Waals surface area contributed by atoms with E-state index in [1.54, 1.807) is 6.07 Å². The predicted molar refractivity (Wildman–Crippen MR) is 94.2 cm³/mol. The quantitative estimate of drug-likeness (QED) is 0.868. The number of hydrogen-bond acceptors (Lipinski definition) is 3. The van der Waals surface area contributed by atoms with Crippen LogP contribution in [0.25, 0.3) is 0 Å². The Bertz CT molecular complexity index is 792. The fourth-order valence-electron chi connectivity index (χ4n) is 3.19. The number of para-hydroxylation sites is 1. The van der Waals surface area contributed by atoms with Crippen molar-refractivity contribution in [2.24, 2.45) is 5.92 Å². The van der Waals surface area contributed by atoms with Crippen LogP contribution in [0.1, 0.15) is 35.8 Å². The number of halogens is 3. The maximum Gasteiger partial charge on any atom is 0.418 e. The summed E-state index contributed by atoms with van der Waals surface area (Å²) in [6.45, 7) is 3.96. The number of carbonyl (C=O) groups excluding carboxylic acids is 1. The van der Waals surface area contributed by atoms with Crippen molar-refractivity contribution in [3.05, 3.63) is 53.9 Å². The van der Waals surface area contributed by atoms with Gasteiger partial charge in [-0.15, -0.1) is 0 Å². The molecule has 1 aromatic heterocycles. The molecule has 1 N–H and O–H groups in total. The Kier molecular flexibility index (Phi) is 5.15. The minimum atomic E-state index is -4.54. The minimum absolute atomic E-state index is 0.0951. The Morgan fingerprint density at radius 2 is 2.04 bits per heavy atom. The zero-order valence-corrected chi connectivity index (χ0v) is 14.4. The van der Waals surface area contributed by atoms with E-state index in [9.17, 15) is 18.0 Å². The molecule has 7 heteroatoms. The molecule has 2 heterocycles. The van der Waals surface area contributed by atoms with Crippen LogP contribution in [0, 0.1) is 5.92 Å². The molecule has 1 aliphatic heterocycles. The maximum atomic E-state index is 13.1. The summed E-state index contributed by atoms with van der Waals surface area (Å²) in [6.07, 6.45) is -0.782. The van der Waals surface area contributed by atoms with Gasteiger partial charge >= 0.3 is 6.18 Å². The standard InChI is InChI=1S/C19H20F3N3O/c1-13-5-4-10-25(12-13)14-8-9-23-17(11-14)18(26)24-16-7-3-2-6-15(16)19(20,21)22/h2-3,6-9,11,13H,4-5,10,12H2,1H3,(H,24,26). The van der Waals surface area contributed by atoms with Crippen molar-refractivity contribution in [3.63, 3.8) is 0 Å². The molecule has 1 aliphatic rings. The molecular weight excluding hydrogens is 343 g/mol. The Morgan fingerprint density at radius 3 is 2.77 bits per heavy atom. The Balaban J connectivity index is 1.80. The lowest BCUT2D eigenvalue weighted by Crippen LogP contribution is -2.34. The normalized spacial score (nSPS) is 17.8. The molecule has 0 bridgehead atoms. The van der Waals surface area contributed by atoms with Crippen LogP contribution >= 0.6 is 0 Å². The molecule has 1 atom stereocenters. The summed E-state index contributed by atoms with van der Waals surface area (Å²) in [6, 6.07) is 8.35. The third-order valence-corrected chi connectivity index (χ3v) is 4.48. The maximum absolute atomic E-state index is 13.1. The fraction of sp³-hybridized carbons (Fsp3) is 0.368. The second-order valence-corrected chi connectivity index (χ2v) is 6.59. The molecule has 26 heavy (non-hydrogen) atoms. The Morgan fingerprint density at radius 1 is 1.27 bits per heavy atom. The number of alkyl halides is 3. The number of rotatable bonds is 3. The van der Waals surface area contributed by atoms with Gasteiger partial charge in [-0.25, -0.2) is 0 Å². The summed E-state index contributed by atoms with van der Waals surface area (Å²) < 4.78 is 39.2. The average molecular weight is 363 g/mol. The number of anilines is 2. The van der Waals surface area contributed by atoms with Crippen LogP contribution in [0.5, 0.6) is 0 Å². The van der Waals surface area contributed by atoms with E-state index in [-0.39, 0.29) is 11.4 Å². The van der Waals surface area contributed by atoms with E-state index in [1.165, 1.54) is 30.8 Å². The highest BCUT2D eigenvalue weighted by Crippen LogP contribution is 2.34. The number of nitrogens with zero attached hydrogens (tertiary/aromatic N) is 2. The molecule has 1 fully saturated rings. The molecule has 3 rings (SSSR count). The number of pyridine rings is 1. The van der Waals surface area contributed by atoms with Crippen LogP contribution in [0.3, 0.4) is 0 Å². The van der Waals surface area contributed by atoms with Crippen LogP contribution in [-0.2, 0) is 6.18 Å². The van der Waals surface area contributed by atoms with Crippen LogP contribution in [-0.4, -0.2) is 24.0 Å². The summed E-state index contributed by atoms with van der Waals surface area (Å²) >= 11 is 0. The Hall–Kier alpha value is -2.57. The molecular formula is C19H20F3N3O. The highest BCUT2D eigenvalue weighted by molar-refractivity contribution is 6.03. The first-order chi connectivity index (χ1) is 12.3. The molecule has 4 nitrogen and oxygen atoms in total. The summed E-state index contributed by atoms with van der Waals surface area (Å²) in [5, 5.41) is 2.33. The van der Waals surface area contributed by atoms with Gasteiger partial charge in [-0.05, 0) is 43.0 Å². The smallest absolute Gasteiger partial charge is 0.371 e. The third-order valence-electron chi connectivity index (χ3n) is 4.48. The van der Waals surface area contributed by atoms with Crippen LogP contribution in [0.4, 0.5) is 24.5 Å². The Labute approximate surface area is 150 Å². The second-order valence-electron chi connectivity index (χ2n) is 6.59. The monoisotopic (exact) mass is 363 g/mol. The highest BCUT2D eigenvalue weighted by Gasteiger charge is 2.33. The lowest BCUT2D eigenvalue weighted by Gasteiger charge is -2.32. The lowest BCUT2D eigenvalue weighted by atomic mass is 10.00. The van der Waals surface area contributed by atoms with Crippen molar-refractivity contribution >= 4 is 17.3 Å². The van der Waals surface area contributed by atoms with Crippen molar-refractivity contribution < 1.29 is 18.0 Å². The number of carbonyl (C=O) groups is 1. The van der Waals surface area contributed by atoms with E-state index in [4.69, 9.17) is 0 Å². The first-order valence-electron chi connectivity index (χ1n) is 8.53. The van der Waals surface area contributed by atoms with Crippen molar-refractivity contribution in [1.29, 1.82) is 0 Å². The van der Waals surface area contributed by atoms with Crippen molar-refractivity contribution in [1.82, 2.24) is 4.98 Å². The van der Waals surface area contributed by atoms with Gasteiger partial charge in [0.15, 0.2) is 0 Å². The molecule has 138 valence electrons. The van der Waals surface area contributed by atoms with E-state index in [0.717, 1.165) is 31.3 Å². The number of hydrogen-bond donors (Lipinski definition) is 1. The van der Waals surface area contributed by atoms with Crippen molar-refractivity contribution in [2.45, 2.75) is 25.9 Å². The molecule has 1 unspecified atom stereocenters. The van der Waals surface area contributed by atoms with E-state index in [0.29, 0.717) is 5.92 Å². The molecule has 0 radical (unpaired) electrons. The number of aromatic nitrogens is 1. The molecule has 0 spiro atoms. The molecule has 1 aromatic carbocycles. The van der Waals surface area contributed by atoms with Gasteiger partial charge in [0.25, 0.3) is 5.91 Å². The van der Waals surface area contributed by atoms with Crippen LogP contribution in [0.15, 0.2) is 42.6 Å². The summed E-state index contributed by atoms with van der Waals surface area (Å²) in [4.78, 5) is 18.6. The summed E-state index contributed by atoms with van der Waals surface area (Å²) in [5.41, 5.74) is -0.198. The second kappa shape index (κ2) is 7.35. The largest absolute Gasteiger partial charge is 0.418 e. The SMILES string of the molecule is CC1CCCN(c2ccnc(C(=O)Nc3ccccc3C(F)(F)F)c2)C1. The molecule has 1 saturated heterocycles. The first-order valence-corrected chi connectivity index (χ1v) is 8.53.